The highest BCUT2D eigenvalue weighted by atomic mass is 32.2. The van der Waals surface area contributed by atoms with Gasteiger partial charge in [0.15, 0.2) is 0 Å². The smallest absolute Gasteiger partial charge is 0.211 e. The lowest BCUT2D eigenvalue weighted by atomic mass is 10.2. The van der Waals surface area contributed by atoms with E-state index in [0.717, 1.165) is 34.2 Å². The first-order chi connectivity index (χ1) is 10.9. The van der Waals surface area contributed by atoms with Crippen LogP contribution in [0.15, 0.2) is 30.5 Å². The maximum absolute atomic E-state index is 11.5. The summed E-state index contributed by atoms with van der Waals surface area (Å²) in [7, 11) is -3.52. The SMILES string of the molecule is CCc1nc2cnc3ccccc3c2n1CCC(C)S(N)(=O)=O. The van der Waals surface area contributed by atoms with E-state index in [1.807, 2.05) is 31.2 Å². The topological polar surface area (TPSA) is 90.9 Å². The molecule has 7 heteroatoms. The van der Waals surface area contributed by atoms with Crippen molar-refractivity contribution in [3.63, 3.8) is 0 Å². The van der Waals surface area contributed by atoms with Crippen molar-refractivity contribution in [2.75, 3.05) is 0 Å². The fourth-order valence-electron chi connectivity index (χ4n) is 2.80. The molecule has 0 radical (unpaired) electrons. The van der Waals surface area contributed by atoms with Gasteiger partial charge in [-0.1, -0.05) is 25.1 Å². The van der Waals surface area contributed by atoms with Gasteiger partial charge in [0.25, 0.3) is 0 Å². The number of para-hydroxylation sites is 1. The molecule has 0 spiro atoms. The van der Waals surface area contributed by atoms with Crippen LogP contribution in [-0.2, 0) is 23.0 Å². The third kappa shape index (κ3) is 2.94. The summed E-state index contributed by atoms with van der Waals surface area (Å²) in [6.07, 6.45) is 3.00. The number of imidazole rings is 1. The van der Waals surface area contributed by atoms with Gasteiger partial charge in [0.05, 0.1) is 22.5 Å². The van der Waals surface area contributed by atoms with E-state index in [1.54, 1.807) is 13.1 Å². The third-order valence-corrected chi connectivity index (χ3v) is 5.55. The average molecular weight is 332 g/mol. The highest BCUT2D eigenvalue weighted by Crippen LogP contribution is 2.25. The minimum atomic E-state index is -3.52. The summed E-state index contributed by atoms with van der Waals surface area (Å²) in [6.45, 7) is 4.24. The number of aromatic nitrogens is 3. The largest absolute Gasteiger partial charge is 0.327 e. The van der Waals surface area contributed by atoms with Crippen molar-refractivity contribution < 1.29 is 8.42 Å². The highest BCUT2D eigenvalue weighted by molar-refractivity contribution is 7.89. The van der Waals surface area contributed by atoms with E-state index in [9.17, 15) is 8.42 Å². The molecule has 0 amide bonds. The van der Waals surface area contributed by atoms with Crippen molar-refractivity contribution in [2.24, 2.45) is 5.14 Å². The predicted octanol–water partition coefficient (Wildman–Crippen LogP) is 2.21. The standard InChI is InChI=1S/C16H20N4O2S/c1-3-15-19-14-10-18-13-7-5-4-6-12(13)16(14)20(15)9-8-11(2)23(17,21)22/h4-7,10-11H,3,8-9H2,1-2H3,(H2,17,21,22). The second-order valence-corrected chi connectivity index (χ2v) is 7.71. The Morgan fingerprint density at radius 3 is 2.70 bits per heavy atom. The monoisotopic (exact) mass is 332 g/mol. The zero-order valence-electron chi connectivity index (χ0n) is 13.2. The first kappa shape index (κ1) is 15.9. The Bertz CT molecular complexity index is 963. The Balaban J connectivity index is 2.12. The molecule has 122 valence electrons. The molecule has 0 aliphatic carbocycles. The molecule has 0 aliphatic rings. The molecule has 3 rings (SSSR count). The molecule has 0 bridgehead atoms. The second-order valence-electron chi connectivity index (χ2n) is 5.73. The molecule has 2 aromatic heterocycles. The number of nitrogens with two attached hydrogens (primary N) is 1. The Morgan fingerprint density at radius 1 is 1.26 bits per heavy atom. The number of primary sulfonamides is 1. The maximum atomic E-state index is 11.5. The summed E-state index contributed by atoms with van der Waals surface area (Å²) >= 11 is 0. The van der Waals surface area contributed by atoms with E-state index in [0.29, 0.717) is 13.0 Å². The van der Waals surface area contributed by atoms with Crippen molar-refractivity contribution in [3.05, 3.63) is 36.3 Å². The number of fused-ring (bicyclic) bond motifs is 3. The van der Waals surface area contributed by atoms with E-state index >= 15 is 0 Å². The van der Waals surface area contributed by atoms with E-state index < -0.39 is 15.3 Å². The van der Waals surface area contributed by atoms with Crippen LogP contribution in [0.2, 0.25) is 0 Å². The van der Waals surface area contributed by atoms with Crippen LogP contribution >= 0.6 is 0 Å². The van der Waals surface area contributed by atoms with Crippen LogP contribution in [0.25, 0.3) is 21.9 Å². The molecule has 1 unspecified atom stereocenters. The van der Waals surface area contributed by atoms with Crippen LogP contribution < -0.4 is 5.14 Å². The predicted molar refractivity (Wildman–Crippen MR) is 91.6 cm³/mol. The minimum Gasteiger partial charge on any atom is -0.327 e. The van der Waals surface area contributed by atoms with Gasteiger partial charge in [-0.2, -0.15) is 0 Å². The van der Waals surface area contributed by atoms with Gasteiger partial charge in [0, 0.05) is 18.4 Å². The number of sulfonamides is 1. The third-order valence-electron chi connectivity index (χ3n) is 4.20. The van der Waals surface area contributed by atoms with Gasteiger partial charge in [0.2, 0.25) is 10.0 Å². The number of hydrogen-bond acceptors (Lipinski definition) is 4. The molecule has 0 fully saturated rings. The minimum absolute atomic E-state index is 0.452. The van der Waals surface area contributed by atoms with Gasteiger partial charge in [-0.05, 0) is 19.4 Å². The van der Waals surface area contributed by atoms with Crippen molar-refractivity contribution in [3.8, 4) is 0 Å². The molecule has 1 atom stereocenters. The Kier molecular flexibility index (Phi) is 4.08. The summed E-state index contributed by atoms with van der Waals surface area (Å²) in [5, 5.41) is 5.67. The van der Waals surface area contributed by atoms with Gasteiger partial charge in [0.1, 0.15) is 11.3 Å². The van der Waals surface area contributed by atoms with E-state index in [4.69, 9.17) is 5.14 Å². The lowest BCUT2D eigenvalue weighted by Gasteiger charge is -2.13. The summed E-state index contributed by atoms with van der Waals surface area (Å²) in [5.74, 6) is 0.930. The van der Waals surface area contributed by atoms with Crippen molar-refractivity contribution in [2.45, 2.75) is 38.5 Å². The van der Waals surface area contributed by atoms with Gasteiger partial charge in [-0.3, -0.25) is 4.98 Å². The zero-order valence-corrected chi connectivity index (χ0v) is 14.0. The Labute approximate surface area is 135 Å². The van der Waals surface area contributed by atoms with Gasteiger partial charge < -0.3 is 4.57 Å². The van der Waals surface area contributed by atoms with Crippen LogP contribution in [0.3, 0.4) is 0 Å². The van der Waals surface area contributed by atoms with Crippen LogP contribution in [0.4, 0.5) is 0 Å². The van der Waals surface area contributed by atoms with Crippen LogP contribution in [0.1, 0.15) is 26.1 Å². The van der Waals surface area contributed by atoms with Crippen LogP contribution in [-0.4, -0.2) is 28.2 Å². The summed E-state index contributed by atoms with van der Waals surface area (Å²) in [5.41, 5.74) is 2.75. The molecule has 0 aliphatic heterocycles. The molecule has 1 aromatic carbocycles. The number of benzene rings is 1. The number of aryl methyl sites for hydroxylation is 2. The Hall–Kier alpha value is -1.99. The van der Waals surface area contributed by atoms with E-state index in [2.05, 4.69) is 14.5 Å². The van der Waals surface area contributed by atoms with Gasteiger partial charge >= 0.3 is 0 Å². The summed E-state index contributed by atoms with van der Waals surface area (Å²) in [4.78, 5) is 9.08. The van der Waals surface area contributed by atoms with Gasteiger partial charge in [-0.25, -0.2) is 18.5 Å². The summed E-state index contributed by atoms with van der Waals surface area (Å²) in [6, 6.07) is 7.90. The Morgan fingerprint density at radius 2 is 2.00 bits per heavy atom. The molecular weight excluding hydrogens is 312 g/mol. The molecule has 23 heavy (non-hydrogen) atoms. The molecule has 2 N–H and O–H groups in total. The summed E-state index contributed by atoms with van der Waals surface area (Å²) < 4.78 is 25.0. The van der Waals surface area contributed by atoms with E-state index in [-0.39, 0.29) is 0 Å². The van der Waals surface area contributed by atoms with Crippen molar-refractivity contribution in [1.29, 1.82) is 0 Å². The first-order valence-electron chi connectivity index (χ1n) is 7.66. The number of pyridine rings is 1. The molecule has 3 aromatic rings. The number of nitrogens with zero attached hydrogens (tertiary/aromatic N) is 3. The van der Waals surface area contributed by atoms with E-state index in [1.165, 1.54) is 0 Å². The van der Waals surface area contributed by atoms with Crippen LogP contribution in [0, 0.1) is 0 Å². The lowest BCUT2D eigenvalue weighted by Crippen LogP contribution is -2.27. The van der Waals surface area contributed by atoms with Crippen molar-refractivity contribution in [1.82, 2.24) is 14.5 Å². The fraction of sp³-hybridized carbons (Fsp3) is 0.375. The number of hydrogen-bond donors (Lipinski definition) is 1. The average Bonchev–Trinajstić information content (AvgIpc) is 2.89. The lowest BCUT2D eigenvalue weighted by molar-refractivity contribution is 0.560. The molecule has 0 saturated heterocycles. The molecule has 2 heterocycles. The molecule has 6 nitrogen and oxygen atoms in total. The molecular formula is C16H20N4O2S. The highest BCUT2D eigenvalue weighted by Gasteiger charge is 2.18. The second kappa shape index (κ2) is 5.90. The normalized spacial score (nSPS) is 13.7. The fourth-order valence-corrected chi connectivity index (χ4v) is 3.23. The first-order valence-corrected chi connectivity index (χ1v) is 9.27. The van der Waals surface area contributed by atoms with Crippen molar-refractivity contribution >= 4 is 32.0 Å². The zero-order chi connectivity index (χ0) is 16.6. The number of rotatable bonds is 5. The quantitative estimate of drug-likeness (QED) is 0.775. The van der Waals surface area contributed by atoms with Crippen LogP contribution in [0.5, 0.6) is 0 Å². The molecule has 0 saturated carbocycles. The maximum Gasteiger partial charge on any atom is 0.211 e. The van der Waals surface area contributed by atoms with Gasteiger partial charge in [-0.15, -0.1) is 0 Å².